The van der Waals surface area contributed by atoms with E-state index < -0.39 is 0 Å². The number of tetrazole rings is 1. The average molecular weight is 324 g/mol. The minimum atomic E-state index is -0.0344. The molecule has 0 atom stereocenters. The Kier molecular flexibility index (Phi) is 4.51. The van der Waals surface area contributed by atoms with Gasteiger partial charge < -0.3 is 9.47 Å². The van der Waals surface area contributed by atoms with Crippen molar-refractivity contribution < 1.29 is 14.3 Å². The third-order valence-corrected chi connectivity index (χ3v) is 3.46. The lowest BCUT2D eigenvalue weighted by atomic mass is 10.1. The van der Waals surface area contributed by atoms with Crippen molar-refractivity contribution in [1.29, 1.82) is 0 Å². The van der Waals surface area contributed by atoms with E-state index >= 15 is 0 Å². The molecular formula is C17H16N4O3. The zero-order chi connectivity index (χ0) is 16.9. The minimum Gasteiger partial charge on any atom is -0.493 e. The Labute approximate surface area is 138 Å². The fraction of sp³-hybridized carbons (Fsp3) is 0.176. The molecule has 1 aromatic heterocycles. The van der Waals surface area contributed by atoms with Crippen LogP contribution in [0.25, 0.3) is 5.69 Å². The van der Waals surface area contributed by atoms with E-state index in [1.165, 1.54) is 14.0 Å². The molecule has 0 spiro atoms. The average Bonchev–Trinajstić information content (AvgIpc) is 3.09. The third-order valence-electron chi connectivity index (χ3n) is 3.46. The molecule has 0 unspecified atom stereocenters. The molecule has 0 saturated heterocycles. The molecule has 0 aliphatic carbocycles. The Balaban J connectivity index is 1.80. The fourth-order valence-electron chi connectivity index (χ4n) is 2.21. The highest BCUT2D eigenvalue weighted by Gasteiger charge is 2.12. The summed E-state index contributed by atoms with van der Waals surface area (Å²) in [5.41, 5.74) is 1.41. The molecule has 0 N–H and O–H groups in total. The van der Waals surface area contributed by atoms with Crippen LogP contribution in [-0.4, -0.2) is 33.1 Å². The van der Waals surface area contributed by atoms with Gasteiger partial charge in [0.15, 0.2) is 29.7 Å². The van der Waals surface area contributed by atoms with E-state index in [1.807, 2.05) is 30.3 Å². The predicted octanol–water partition coefficient (Wildman–Crippen LogP) is 2.45. The molecule has 24 heavy (non-hydrogen) atoms. The Hall–Kier alpha value is -3.22. The van der Waals surface area contributed by atoms with E-state index in [0.29, 0.717) is 22.9 Å². The van der Waals surface area contributed by atoms with Crippen molar-refractivity contribution in [1.82, 2.24) is 20.2 Å². The van der Waals surface area contributed by atoms with Gasteiger partial charge in [-0.25, -0.2) is 0 Å². The van der Waals surface area contributed by atoms with Crippen LogP contribution >= 0.6 is 0 Å². The first-order valence-electron chi connectivity index (χ1n) is 7.33. The summed E-state index contributed by atoms with van der Waals surface area (Å²) in [7, 11) is 1.53. The lowest BCUT2D eigenvalue weighted by Crippen LogP contribution is -2.07. The summed E-state index contributed by atoms with van der Waals surface area (Å²) in [6.45, 7) is 1.67. The normalized spacial score (nSPS) is 10.4. The number of ketones is 1. The van der Waals surface area contributed by atoms with Crippen LogP contribution in [0, 0.1) is 0 Å². The van der Waals surface area contributed by atoms with Crippen LogP contribution in [0.15, 0.2) is 48.5 Å². The van der Waals surface area contributed by atoms with Crippen molar-refractivity contribution in [3.8, 4) is 17.2 Å². The summed E-state index contributed by atoms with van der Waals surface area (Å²) in [6.07, 6.45) is 0. The largest absolute Gasteiger partial charge is 0.493 e. The number of para-hydroxylation sites is 1. The molecule has 3 aromatic rings. The van der Waals surface area contributed by atoms with Gasteiger partial charge in [-0.05, 0) is 47.7 Å². The molecule has 7 nitrogen and oxygen atoms in total. The standard InChI is InChI=1S/C17H16N4O3/c1-12(22)13-8-9-15(16(10-13)23-2)24-11-17-18-19-20-21(17)14-6-4-3-5-7-14/h3-10H,11H2,1-2H3. The van der Waals surface area contributed by atoms with Crippen LogP contribution in [0.3, 0.4) is 0 Å². The number of benzene rings is 2. The molecule has 0 bridgehead atoms. The van der Waals surface area contributed by atoms with Crippen molar-refractivity contribution in [3.63, 3.8) is 0 Å². The summed E-state index contributed by atoms with van der Waals surface area (Å²) < 4.78 is 12.7. The number of Topliss-reactive ketones (excluding diaryl/α,β-unsaturated/α-hetero) is 1. The van der Waals surface area contributed by atoms with Crippen LogP contribution in [-0.2, 0) is 6.61 Å². The van der Waals surface area contributed by atoms with Gasteiger partial charge in [0.25, 0.3) is 0 Å². The predicted molar refractivity (Wildman–Crippen MR) is 86.5 cm³/mol. The number of carbonyl (C=O) groups is 1. The highest BCUT2D eigenvalue weighted by Crippen LogP contribution is 2.29. The summed E-state index contributed by atoms with van der Waals surface area (Å²) >= 11 is 0. The number of nitrogens with zero attached hydrogens (tertiary/aromatic N) is 4. The van der Waals surface area contributed by atoms with Crippen LogP contribution in [0.5, 0.6) is 11.5 Å². The monoisotopic (exact) mass is 324 g/mol. The Morgan fingerprint density at radius 3 is 2.62 bits per heavy atom. The molecule has 0 fully saturated rings. The second-order valence-corrected chi connectivity index (χ2v) is 5.05. The lowest BCUT2D eigenvalue weighted by molar-refractivity contribution is 0.101. The van der Waals surface area contributed by atoms with Gasteiger partial charge in [0.1, 0.15) is 0 Å². The second kappa shape index (κ2) is 6.91. The number of ether oxygens (including phenoxy) is 2. The van der Waals surface area contributed by atoms with Crippen molar-refractivity contribution in [2.75, 3.05) is 7.11 Å². The highest BCUT2D eigenvalue weighted by molar-refractivity contribution is 5.94. The number of hydrogen-bond donors (Lipinski definition) is 0. The third kappa shape index (κ3) is 3.24. The van der Waals surface area contributed by atoms with Crippen LogP contribution in [0.1, 0.15) is 23.1 Å². The molecule has 0 aliphatic rings. The zero-order valence-corrected chi connectivity index (χ0v) is 13.3. The number of methoxy groups -OCH3 is 1. The molecule has 2 aromatic carbocycles. The first-order valence-corrected chi connectivity index (χ1v) is 7.33. The van der Waals surface area contributed by atoms with Crippen molar-refractivity contribution >= 4 is 5.78 Å². The van der Waals surface area contributed by atoms with E-state index in [1.54, 1.807) is 22.9 Å². The molecule has 3 rings (SSSR count). The maximum absolute atomic E-state index is 11.4. The van der Waals surface area contributed by atoms with Gasteiger partial charge in [0.2, 0.25) is 0 Å². The molecular weight excluding hydrogens is 308 g/mol. The van der Waals surface area contributed by atoms with Gasteiger partial charge in [0, 0.05) is 5.56 Å². The van der Waals surface area contributed by atoms with Crippen LogP contribution in [0.2, 0.25) is 0 Å². The Bertz CT molecular complexity index is 846. The van der Waals surface area contributed by atoms with Crippen molar-refractivity contribution in [2.24, 2.45) is 0 Å². The topological polar surface area (TPSA) is 79.1 Å². The highest BCUT2D eigenvalue weighted by atomic mass is 16.5. The first-order chi connectivity index (χ1) is 11.7. The second-order valence-electron chi connectivity index (χ2n) is 5.05. The number of carbonyl (C=O) groups excluding carboxylic acids is 1. The Morgan fingerprint density at radius 2 is 1.92 bits per heavy atom. The van der Waals surface area contributed by atoms with Gasteiger partial charge in [0.05, 0.1) is 12.8 Å². The van der Waals surface area contributed by atoms with Gasteiger partial charge in [-0.3, -0.25) is 4.79 Å². The van der Waals surface area contributed by atoms with Crippen LogP contribution < -0.4 is 9.47 Å². The lowest BCUT2D eigenvalue weighted by Gasteiger charge is -2.11. The van der Waals surface area contributed by atoms with Gasteiger partial charge in [-0.1, -0.05) is 18.2 Å². The molecule has 1 heterocycles. The number of hydrogen-bond acceptors (Lipinski definition) is 6. The molecule has 0 radical (unpaired) electrons. The van der Waals surface area contributed by atoms with Gasteiger partial charge >= 0.3 is 0 Å². The molecule has 0 aliphatic heterocycles. The smallest absolute Gasteiger partial charge is 0.194 e. The zero-order valence-electron chi connectivity index (χ0n) is 13.3. The molecule has 122 valence electrons. The minimum absolute atomic E-state index is 0.0344. The maximum Gasteiger partial charge on any atom is 0.194 e. The Morgan fingerprint density at radius 1 is 1.12 bits per heavy atom. The number of rotatable bonds is 6. The first kappa shape index (κ1) is 15.7. The SMILES string of the molecule is COc1cc(C(C)=O)ccc1OCc1nnnn1-c1ccccc1. The van der Waals surface area contributed by atoms with E-state index in [2.05, 4.69) is 15.5 Å². The van der Waals surface area contributed by atoms with Gasteiger partial charge in [-0.2, -0.15) is 4.68 Å². The van der Waals surface area contributed by atoms with E-state index in [4.69, 9.17) is 9.47 Å². The molecule has 7 heteroatoms. The van der Waals surface area contributed by atoms with E-state index in [9.17, 15) is 4.79 Å². The fourth-order valence-corrected chi connectivity index (χ4v) is 2.21. The van der Waals surface area contributed by atoms with E-state index in [0.717, 1.165) is 5.69 Å². The summed E-state index contributed by atoms with van der Waals surface area (Å²) in [5.74, 6) is 1.53. The molecule has 0 saturated carbocycles. The summed E-state index contributed by atoms with van der Waals surface area (Å²) in [6, 6.07) is 14.6. The summed E-state index contributed by atoms with van der Waals surface area (Å²) in [4.78, 5) is 11.4. The van der Waals surface area contributed by atoms with Crippen LogP contribution in [0.4, 0.5) is 0 Å². The maximum atomic E-state index is 11.4. The van der Waals surface area contributed by atoms with Gasteiger partial charge in [-0.15, -0.1) is 5.10 Å². The van der Waals surface area contributed by atoms with E-state index in [-0.39, 0.29) is 12.4 Å². The van der Waals surface area contributed by atoms with Crippen molar-refractivity contribution in [2.45, 2.75) is 13.5 Å². The quantitative estimate of drug-likeness (QED) is 0.648. The summed E-state index contributed by atoms with van der Waals surface area (Å²) in [5, 5.41) is 11.7. The van der Waals surface area contributed by atoms with Crippen molar-refractivity contribution in [3.05, 3.63) is 59.9 Å². The number of aromatic nitrogens is 4. The molecule has 0 amide bonds.